The average molecular weight is 366 g/mol. The molecule has 1 N–H and O–H groups in total. The second-order valence-corrected chi connectivity index (χ2v) is 7.16. The lowest BCUT2D eigenvalue weighted by Crippen LogP contribution is -2.52. The van der Waals surface area contributed by atoms with Crippen molar-refractivity contribution in [2.75, 3.05) is 5.75 Å². The summed E-state index contributed by atoms with van der Waals surface area (Å²) in [6, 6.07) is 11.4. The monoisotopic (exact) mass is 366 g/mol. The molecule has 1 aromatic heterocycles. The van der Waals surface area contributed by atoms with Gasteiger partial charge in [0.2, 0.25) is 0 Å². The first-order valence-electron chi connectivity index (χ1n) is 8.38. The Hall–Kier alpha value is -2.80. The van der Waals surface area contributed by atoms with Crippen LogP contribution in [-0.2, 0) is 4.79 Å². The summed E-state index contributed by atoms with van der Waals surface area (Å²) in [6.45, 7) is 3.99. The Bertz CT molecular complexity index is 1020. The lowest BCUT2D eigenvalue weighted by Gasteiger charge is -2.34. The van der Waals surface area contributed by atoms with Gasteiger partial charge in [-0.05, 0) is 42.5 Å². The number of fused-ring (bicyclic) bond motifs is 2. The number of amidine groups is 1. The zero-order chi connectivity index (χ0) is 18.1. The third kappa shape index (κ3) is 2.94. The van der Waals surface area contributed by atoms with E-state index in [-0.39, 0.29) is 5.91 Å². The molecule has 1 atom stereocenters. The summed E-state index contributed by atoms with van der Waals surface area (Å²) in [4.78, 5) is 17.6. The van der Waals surface area contributed by atoms with Gasteiger partial charge in [0.05, 0.1) is 11.6 Å². The molecule has 0 unspecified atom stereocenters. The average Bonchev–Trinajstić information content (AvgIpc) is 3.14. The van der Waals surface area contributed by atoms with Gasteiger partial charge in [-0.25, -0.2) is 5.01 Å². The fourth-order valence-corrected chi connectivity index (χ4v) is 3.58. The molecule has 1 amide bonds. The van der Waals surface area contributed by atoms with Crippen LogP contribution in [0.25, 0.3) is 11.8 Å². The summed E-state index contributed by atoms with van der Waals surface area (Å²) >= 11 is 1.50. The first-order chi connectivity index (χ1) is 12.7. The zero-order valence-corrected chi connectivity index (χ0v) is 15.3. The Balaban J connectivity index is 1.88. The number of hydrazone groups is 1. The number of nitrogens with zero attached hydrogens (tertiary/aromatic N) is 3. The number of hydrogen-bond donors (Lipinski definition) is 1. The van der Waals surface area contributed by atoms with Crippen LogP contribution in [0.5, 0.6) is 0 Å². The molecule has 3 heterocycles. The lowest BCUT2D eigenvalue weighted by molar-refractivity contribution is -0.116. The maximum Gasteiger partial charge on any atom is 0.276 e. The fraction of sp³-hybridized carbons (Fsp3) is 0.211. The molecule has 2 aromatic rings. The number of thioether (sulfide) groups is 1. The van der Waals surface area contributed by atoms with Gasteiger partial charge in [0, 0.05) is 5.22 Å². The number of carbonyl (C=O) groups is 1. The van der Waals surface area contributed by atoms with Crippen molar-refractivity contribution in [1.29, 1.82) is 0 Å². The number of benzene rings is 1. The normalized spacial score (nSPS) is 19.3. The second kappa shape index (κ2) is 6.84. The van der Waals surface area contributed by atoms with Gasteiger partial charge in [0.25, 0.3) is 5.91 Å². The third-order valence-electron chi connectivity index (χ3n) is 4.12. The Morgan fingerprint density at radius 1 is 1.35 bits per heavy atom. The van der Waals surface area contributed by atoms with Crippen molar-refractivity contribution in [2.24, 2.45) is 10.1 Å². The van der Waals surface area contributed by atoms with Crippen LogP contribution in [0.1, 0.15) is 19.6 Å². The van der Waals surface area contributed by atoms with Crippen LogP contribution < -0.4 is 15.9 Å². The Morgan fingerprint density at radius 3 is 2.96 bits per heavy atom. The smallest absolute Gasteiger partial charge is 0.276 e. The van der Waals surface area contributed by atoms with Crippen molar-refractivity contribution < 1.29 is 9.21 Å². The molecule has 2 aliphatic heterocycles. The first-order valence-corrected chi connectivity index (χ1v) is 9.37. The van der Waals surface area contributed by atoms with Crippen LogP contribution in [0.2, 0.25) is 0 Å². The van der Waals surface area contributed by atoms with Crippen molar-refractivity contribution in [1.82, 2.24) is 10.3 Å². The number of furan rings is 1. The van der Waals surface area contributed by atoms with Crippen molar-refractivity contribution in [3.8, 4) is 0 Å². The molecule has 7 heteroatoms. The molecule has 1 aromatic carbocycles. The van der Waals surface area contributed by atoms with E-state index >= 15 is 0 Å². The quantitative estimate of drug-likeness (QED) is 0.901. The molecular weight excluding hydrogens is 348 g/mol. The van der Waals surface area contributed by atoms with E-state index in [0.717, 1.165) is 27.7 Å². The standard InChI is InChI=1S/C19H18N4O2S/c1-3-26-19-21-18(24)16-14-8-4-5-9-15(14)20-17(23(16)22-19)12(2)11-13-7-6-10-25-13/h4-11,17H,3H2,1-2H3,(H,21,22,24)/b12-11+/t17-/m1/s1. The third-order valence-corrected chi connectivity index (χ3v) is 4.86. The predicted octanol–water partition coefficient (Wildman–Crippen LogP) is 1.91. The Labute approximate surface area is 155 Å². The minimum Gasteiger partial charge on any atom is -0.465 e. The van der Waals surface area contributed by atoms with Gasteiger partial charge in [-0.15, -0.1) is 5.10 Å². The van der Waals surface area contributed by atoms with E-state index in [1.807, 2.05) is 56.3 Å². The van der Waals surface area contributed by atoms with Gasteiger partial charge in [-0.1, -0.05) is 36.9 Å². The Morgan fingerprint density at radius 2 is 2.19 bits per heavy atom. The number of carbonyl (C=O) groups excluding carboxylic acids is 1. The van der Waals surface area contributed by atoms with Crippen molar-refractivity contribution in [3.05, 3.63) is 64.6 Å². The maximum atomic E-state index is 12.8. The van der Waals surface area contributed by atoms with Gasteiger partial charge in [-0.2, -0.15) is 0 Å². The predicted molar refractivity (Wildman–Crippen MR) is 102 cm³/mol. The summed E-state index contributed by atoms with van der Waals surface area (Å²) in [5.74, 6) is 1.41. The molecular formula is C19H18N4O2S. The minimum absolute atomic E-state index is 0.158. The van der Waals surface area contributed by atoms with Crippen LogP contribution in [0.15, 0.2) is 62.7 Å². The first kappa shape index (κ1) is 16.7. The number of rotatable bonds is 3. The Kier molecular flexibility index (Phi) is 4.38. The van der Waals surface area contributed by atoms with E-state index in [9.17, 15) is 4.79 Å². The molecule has 0 saturated heterocycles. The lowest BCUT2D eigenvalue weighted by atomic mass is 10.1. The van der Waals surface area contributed by atoms with Gasteiger partial charge in [0.15, 0.2) is 11.3 Å². The molecule has 2 aliphatic rings. The van der Waals surface area contributed by atoms with Crippen molar-refractivity contribution in [2.45, 2.75) is 20.0 Å². The van der Waals surface area contributed by atoms with Gasteiger partial charge in [-0.3, -0.25) is 15.1 Å². The van der Waals surface area contributed by atoms with E-state index < -0.39 is 6.17 Å². The molecule has 0 spiro atoms. The molecule has 0 aliphatic carbocycles. The maximum absolute atomic E-state index is 12.8. The number of nitrogens with one attached hydrogen (secondary N) is 1. The summed E-state index contributed by atoms with van der Waals surface area (Å²) in [5, 5.41) is 11.4. The van der Waals surface area contributed by atoms with Crippen LogP contribution >= 0.6 is 11.8 Å². The highest BCUT2D eigenvalue weighted by Crippen LogP contribution is 2.25. The van der Waals surface area contributed by atoms with Crippen LogP contribution in [-0.4, -0.2) is 28.0 Å². The zero-order valence-electron chi connectivity index (χ0n) is 14.5. The highest BCUT2D eigenvalue weighted by molar-refractivity contribution is 8.13. The van der Waals surface area contributed by atoms with Gasteiger partial charge >= 0.3 is 0 Å². The molecule has 132 valence electrons. The molecule has 0 fully saturated rings. The summed E-state index contributed by atoms with van der Waals surface area (Å²) in [6.07, 6.45) is 3.16. The molecule has 6 nitrogen and oxygen atoms in total. The second-order valence-electron chi connectivity index (χ2n) is 5.91. The van der Waals surface area contributed by atoms with Crippen LogP contribution in [0, 0.1) is 0 Å². The molecule has 0 saturated carbocycles. The number of amides is 1. The highest BCUT2D eigenvalue weighted by atomic mass is 32.2. The van der Waals surface area contributed by atoms with Gasteiger partial charge in [0.1, 0.15) is 11.5 Å². The number of para-hydroxylation sites is 1. The number of hydrogen-bond acceptors (Lipinski definition) is 6. The highest BCUT2D eigenvalue weighted by Gasteiger charge is 2.34. The fourth-order valence-electron chi connectivity index (χ4n) is 3.00. The SMILES string of the molecule is CCSC1=NN2C(=c3ccccc3=N[C@H]2/C(C)=C/c2ccco2)C(=O)N1. The largest absolute Gasteiger partial charge is 0.465 e. The van der Waals surface area contributed by atoms with Crippen molar-refractivity contribution in [3.63, 3.8) is 0 Å². The van der Waals surface area contributed by atoms with Crippen LogP contribution in [0.3, 0.4) is 0 Å². The molecule has 26 heavy (non-hydrogen) atoms. The summed E-state index contributed by atoms with van der Waals surface area (Å²) in [7, 11) is 0. The van der Waals surface area contributed by atoms with Crippen LogP contribution in [0.4, 0.5) is 0 Å². The molecule has 0 bridgehead atoms. The summed E-state index contributed by atoms with van der Waals surface area (Å²) in [5.41, 5.74) is 1.46. The van der Waals surface area contributed by atoms with Crippen molar-refractivity contribution >= 4 is 34.6 Å². The van der Waals surface area contributed by atoms with E-state index in [2.05, 4.69) is 10.4 Å². The van der Waals surface area contributed by atoms with Gasteiger partial charge < -0.3 is 4.42 Å². The van der Waals surface area contributed by atoms with E-state index in [1.54, 1.807) is 11.3 Å². The molecule has 4 rings (SSSR count). The molecule has 0 radical (unpaired) electrons. The topological polar surface area (TPSA) is 70.2 Å². The van der Waals surface area contributed by atoms with E-state index in [0.29, 0.717) is 10.9 Å². The van der Waals surface area contributed by atoms with E-state index in [4.69, 9.17) is 9.41 Å². The van der Waals surface area contributed by atoms with E-state index in [1.165, 1.54) is 11.8 Å². The minimum atomic E-state index is -0.400. The summed E-state index contributed by atoms with van der Waals surface area (Å²) < 4.78 is 5.42.